The van der Waals surface area contributed by atoms with Crippen molar-refractivity contribution >= 4 is 31.6 Å². The molecule has 156 valence electrons. The van der Waals surface area contributed by atoms with Crippen LogP contribution in [0.4, 0.5) is 5.69 Å². The number of aliphatic hydroxyl groups excluding tert-OH is 1. The summed E-state index contributed by atoms with van der Waals surface area (Å²) in [5.74, 6) is -0.0542. The summed E-state index contributed by atoms with van der Waals surface area (Å²) < 4.78 is 28.1. The second kappa shape index (κ2) is 8.49. The largest absolute Gasteiger partial charge is 0.395 e. The molecule has 1 saturated heterocycles. The third-order valence-electron chi connectivity index (χ3n) is 5.51. The van der Waals surface area contributed by atoms with Crippen LogP contribution in [0.15, 0.2) is 57.9 Å². The zero-order valence-electron chi connectivity index (χ0n) is 16.0. The molecule has 1 aliphatic rings. The average molecular weight is 484 g/mol. The van der Waals surface area contributed by atoms with Crippen molar-refractivity contribution in [3.63, 3.8) is 0 Å². The number of hydrogen-bond acceptors (Lipinski definition) is 6. The number of para-hydroxylation sites is 1. The van der Waals surface area contributed by atoms with Crippen molar-refractivity contribution in [3.8, 4) is 0 Å². The number of halogens is 1. The van der Waals surface area contributed by atoms with E-state index >= 15 is 0 Å². The van der Waals surface area contributed by atoms with Gasteiger partial charge in [-0.2, -0.15) is 4.31 Å². The summed E-state index contributed by atoms with van der Waals surface area (Å²) >= 11 is 3.40. The second-order valence-corrected chi connectivity index (χ2v) is 10.00. The molecular formula is C19H22BrN3O5S. The Morgan fingerprint density at radius 3 is 2.38 bits per heavy atom. The molecule has 0 spiro atoms. The minimum atomic E-state index is -4.05. The van der Waals surface area contributed by atoms with Gasteiger partial charge in [-0.15, -0.1) is 0 Å². The lowest BCUT2D eigenvalue weighted by Gasteiger charge is -2.54. The Morgan fingerprint density at radius 1 is 1.17 bits per heavy atom. The van der Waals surface area contributed by atoms with Crippen molar-refractivity contribution in [1.29, 1.82) is 0 Å². The van der Waals surface area contributed by atoms with Crippen LogP contribution in [0.3, 0.4) is 0 Å². The molecule has 0 aromatic heterocycles. The molecular weight excluding hydrogens is 462 g/mol. The molecule has 1 heterocycles. The van der Waals surface area contributed by atoms with Gasteiger partial charge in [-0.1, -0.05) is 40.2 Å². The summed E-state index contributed by atoms with van der Waals surface area (Å²) in [7, 11) is -0.790. The Kier molecular flexibility index (Phi) is 6.39. The van der Waals surface area contributed by atoms with Gasteiger partial charge in [0.1, 0.15) is 0 Å². The van der Waals surface area contributed by atoms with Gasteiger partial charge in [0.2, 0.25) is 10.0 Å². The van der Waals surface area contributed by atoms with E-state index in [1.54, 1.807) is 0 Å². The van der Waals surface area contributed by atoms with Crippen LogP contribution in [0.2, 0.25) is 0 Å². The number of hydrogen-bond donors (Lipinski definition) is 1. The lowest BCUT2D eigenvalue weighted by molar-refractivity contribution is -0.387. The van der Waals surface area contributed by atoms with Gasteiger partial charge < -0.3 is 5.11 Å². The molecule has 2 aromatic carbocycles. The normalized spacial score (nSPS) is 22.4. The summed E-state index contributed by atoms with van der Waals surface area (Å²) in [4.78, 5) is 12.2. The van der Waals surface area contributed by atoms with E-state index in [1.807, 2.05) is 36.2 Å². The quantitative estimate of drug-likeness (QED) is 0.478. The molecule has 1 unspecified atom stereocenters. The Hall–Kier alpha value is -1.85. The highest BCUT2D eigenvalue weighted by molar-refractivity contribution is 9.10. The van der Waals surface area contributed by atoms with Gasteiger partial charge in [0.15, 0.2) is 4.90 Å². The first kappa shape index (κ1) is 21.8. The fraction of sp³-hybridized carbons (Fsp3) is 0.368. The summed E-state index contributed by atoms with van der Waals surface area (Å²) in [6.45, 7) is 0.0937. The van der Waals surface area contributed by atoms with E-state index in [0.29, 0.717) is 0 Å². The van der Waals surface area contributed by atoms with Crippen LogP contribution in [0, 0.1) is 10.1 Å². The third kappa shape index (κ3) is 4.08. The molecule has 0 saturated carbocycles. The molecule has 3 atom stereocenters. The van der Waals surface area contributed by atoms with Crippen LogP contribution in [-0.4, -0.2) is 67.0 Å². The van der Waals surface area contributed by atoms with Crippen molar-refractivity contribution in [2.24, 2.45) is 0 Å². The highest BCUT2D eigenvalue weighted by Gasteiger charge is 2.47. The summed E-state index contributed by atoms with van der Waals surface area (Å²) in [6.07, 6.45) is 0. The summed E-state index contributed by atoms with van der Waals surface area (Å²) in [5.41, 5.74) is 0.561. The van der Waals surface area contributed by atoms with Crippen LogP contribution in [0.5, 0.6) is 0 Å². The Bertz CT molecular complexity index is 999. The van der Waals surface area contributed by atoms with Crippen LogP contribution in [-0.2, 0) is 10.0 Å². The maximum atomic E-state index is 13.0. The van der Waals surface area contributed by atoms with Crippen molar-refractivity contribution in [2.45, 2.75) is 22.9 Å². The number of rotatable bonds is 7. The fourth-order valence-corrected chi connectivity index (χ4v) is 5.48. The van der Waals surface area contributed by atoms with E-state index in [9.17, 15) is 23.6 Å². The maximum Gasteiger partial charge on any atom is 0.289 e. The van der Waals surface area contributed by atoms with E-state index < -0.39 is 20.6 Å². The van der Waals surface area contributed by atoms with Crippen molar-refractivity contribution < 1.29 is 18.4 Å². The molecule has 10 heteroatoms. The molecule has 0 amide bonds. The van der Waals surface area contributed by atoms with Gasteiger partial charge in [-0.05, 0) is 30.8 Å². The van der Waals surface area contributed by atoms with Gasteiger partial charge >= 0.3 is 0 Å². The highest BCUT2D eigenvalue weighted by Crippen LogP contribution is 2.40. The minimum absolute atomic E-state index is 0.0473. The molecule has 0 aliphatic carbocycles. The number of nitrogens with zero attached hydrogens (tertiary/aromatic N) is 3. The molecule has 1 N–H and O–H groups in total. The van der Waals surface area contributed by atoms with Gasteiger partial charge in [-0.25, -0.2) is 8.42 Å². The third-order valence-corrected chi connectivity index (χ3v) is 7.91. The lowest BCUT2D eigenvalue weighted by Crippen LogP contribution is -2.65. The van der Waals surface area contributed by atoms with E-state index in [0.717, 1.165) is 14.3 Å². The van der Waals surface area contributed by atoms with Crippen molar-refractivity contribution in [3.05, 3.63) is 68.7 Å². The van der Waals surface area contributed by atoms with E-state index in [2.05, 4.69) is 15.9 Å². The molecule has 1 aliphatic heterocycles. The van der Waals surface area contributed by atoms with Crippen molar-refractivity contribution in [1.82, 2.24) is 9.21 Å². The van der Waals surface area contributed by atoms with Gasteiger partial charge in [0.05, 0.1) is 11.5 Å². The molecule has 8 nitrogen and oxygen atoms in total. The standard InChI is InChI=1S/C19H22BrN3O5S/c1-21(29(27,28)18-6-4-3-5-15(18)23(25)26)11-16-19(17(12-24)22(16)2)13-7-9-14(20)10-8-13/h3-10,16-17,19,24H,11-12H2,1-2H3/t16-,17+,19?/m0/s1. The molecule has 0 radical (unpaired) electrons. The Balaban J connectivity index is 1.87. The van der Waals surface area contributed by atoms with Gasteiger partial charge in [0, 0.05) is 42.1 Å². The van der Waals surface area contributed by atoms with E-state index in [1.165, 1.54) is 31.3 Å². The van der Waals surface area contributed by atoms with Crippen LogP contribution >= 0.6 is 15.9 Å². The topological polar surface area (TPSA) is 104 Å². The smallest absolute Gasteiger partial charge is 0.289 e. The van der Waals surface area contributed by atoms with Gasteiger partial charge in [-0.3, -0.25) is 15.0 Å². The van der Waals surface area contributed by atoms with Crippen LogP contribution < -0.4 is 0 Å². The zero-order valence-corrected chi connectivity index (χ0v) is 18.4. The van der Waals surface area contributed by atoms with Crippen LogP contribution in [0.1, 0.15) is 11.5 Å². The SMILES string of the molecule is CN1[C@H](CO)C(c2ccc(Br)cc2)[C@@H]1CN(C)S(=O)(=O)c1ccccc1[N+](=O)[O-]. The van der Waals surface area contributed by atoms with Crippen LogP contribution in [0.25, 0.3) is 0 Å². The number of likely N-dealkylation sites (N-methyl/N-ethyl adjacent to an activating group) is 2. The first-order valence-electron chi connectivity index (χ1n) is 8.96. The molecule has 29 heavy (non-hydrogen) atoms. The first-order chi connectivity index (χ1) is 13.7. The molecule has 0 bridgehead atoms. The minimum Gasteiger partial charge on any atom is -0.395 e. The number of aliphatic hydroxyl groups is 1. The monoisotopic (exact) mass is 483 g/mol. The van der Waals surface area contributed by atoms with E-state index in [-0.39, 0.29) is 36.0 Å². The number of benzene rings is 2. The number of likely N-dealkylation sites (tertiary alicyclic amines) is 1. The highest BCUT2D eigenvalue weighted by atomic mass is 79.9. The molecule has 2 aromatic rings. The predicted octanol–water partition coefficient (Wildman–Crippen LogP) is 2.44. The molecule has 3 rings (SSSR count). The van der Waals surface area contributed by atoms with Crippen molar-refractivity contribution in [2.75, 3.05) is 27.2 Å². The molecule has 1 fully saturated rings. The number of nitro groups is 1. The first-order valence-corrected chi connectivity index (χ1v) is 11.2. The van der Waals surface area contributed by atoms with Gasteiger partial charge in [0.25, 0.3) is 5.69 Å². The average Bonchev–Trinajstić information content (AvgIpc) is 2.70. The van der Waals surface area contributed by atoms with E-state index in [4.69, 9.17) is 0 Å². The summed E-state index contributed by atoms with van der Waals surface area (Å²) in [5, 5.41) is 21.0. The fourth-order valence-electron chi connectivity index (χ4n) is 3.88. The number of sulfonamides is 1. The summed E-state index contributed by atoms with van der Waals surface area (Å²) in [6, 6.07) is 12.8. The lowest BCUT2D eigenvalue weighted by atomic mass is 9.75. The Morgan fingerprint density at radius 2 is 1.79 bits per heavy atom. The maximum absolute atomic E-state index is 13.0. The Labute approximate surface area is 178 Å². The zero-order chi connectivity index (χ0) is 21.3. The predicted molar refractivity (Wildman–Crippen MR) is 112 cm³/mol. The number of nitro benzene ring substituents is 1. The second-order valence-electron chi connectivity index (χ2n) is 7.07.